The second-order valence-corrected chi connectivity index (χ2v) is 7.70. The number of aliphatic imine (C=N–C) groups is 1. The lowest BCUT2D eigenvalue weighted by Gasteiger charge is -2.14. The van der Waals surface area contributed by atoms with E-state index in [1.165, 1.54) is 18.0 Å². The fraction of sp³-hybridized carbons (Fsp3) is 0.316. The van der Waals surface area contributed by atoms with Crippen molar-refractivity contribution < 1.29 is 19.0 Å². The summed E-state index contributed by atoms with van der Waals surface area (Å²) in [6, 6.07) is 8.16. The van der Waals surface area contributed by atoms with Gasteiger partial charge in [-0.3, -0.25) is 4.99 Å². The Balaban J connectivity index is 1.59. The molecule has 1 aliphatic rings. The van der Waals surface area contributed by atoms with Crippen LogP contribution in [0, 0.1) is 0 Å². The van der Waals surface area contributed by atoms with Crippen LogP contribution in [-0.2, 0) is 9.53 Å². The van der Waals surface area contributed by atoms with E-state index in [0.29, 0.717) is 33.9 Å². The van der Waals surface area contributed by atoms with E-state index in [1.807, 2.05) is 6.92 Å². The van der Waals surface area contributed by atoms with Crippen LogP contribution in [0.15, 0.2) is 41.5 Å². The van der Waals surface area contributed by atoms with Gasteiger partial charge in [-0.15, -0.1) is 11.8 Å². The molecule has 0 saturated heterocycles. The van der Waals surface area contributed by atoms with Crippen LogP contribution in [0.4, 0.5) is 0 Å². The number of benzene rings is 1. The Labute approximate surface area is 177 Å². The van der Waals surface area contributed by atoms with Gasteiger partial charge in [0.2, 0.25) is 5.88 Å². The second kappa shape index (κ2) is 9.49. The molecule has 0 saturated carbocycles. The third-order valence-electron chi connectivity index (χ3n) is 3.70. The Morgan fingerprint density at radius 1 is 1.29 bits per heavy atom. The minimum atomic E-state index is -0.460. The number of ether oxygens (including phenoxy) is 3. The number of hydrogen-bond donors (Lipinski definition) is 0. The van der Waals surface area contributed by atoms with Crippen molar-refractivity contribution >= 4 is 46.0 Å². The number of halogens is 2. The summed E-state index contributed by atoms with van der Waals surface area (Å²) in [5.74, 6) is 1.76. The number of carbonyl (C=O) groups is 1. The smallest absolute Gasteiger partial charge is 0.331 e. The van der Waals surface area contributed by atoms with Crippen LogP contribution in [0.2, 0.25) is 10.0 Å². The maximum Gasteiger partial charge on any atom is 0.331 e. The van der Waals surface area contributed by atoms with Crippen molar-refractivity contribution in [3.05, 3.63) is 46.6 Å². The molecule has 6 nitrogen and oxygen atoms in total. The first kappa shape index (κ1) is 20.8. The van der Waals surface area contributed by atoms with Crippen LogP contribution >= 0.6 is 35.0 Å². The number of thioether (sulfide) groups is 1. The molecule has 9 heteroatoms. The fourth-order valence-electron chi connectivity index (χ4n) is 2.40. The van der Waals surface area contributed by atoms with E-state index in [2.05, 4.69) is 9.98 Å². The lowest BCUT2D eigenvalue weighted by Crippen LogP contribution is -2.22. The third kappa shape index (κ3) is 5.31. The van der Waals surface area contributed by atoms with E-state index < -0.39 is 6.04 Å². The summed E-state index contributed by atoms with van der Waals surface area (Å²) in [5, 5.41) is 1.54. The van der Waals surface area contributed by atoms with E-state index in [0.717, 1.165) is 5.04 Å². The lowest BCUT2D eigenvalue weighted by atomic mass is 10.3. The van der Waals surface area contributed by atoms with Crippen molar-refractivity contribution in [2.24, 2.45) is 4.99 Å². The van der Waals surface area contributed by atoms with Crippen LogP contribution in [0.1, 0.15) is 13.8 Å². The molecule has 1 aromatic heterocycles. The maximum absolute atomic E-state index is 11.8. The predicted octanol–water partition coefficient (Wildman–Crippen LogP) is 5.03. The molecule has 0 amide bonds. The minimum Gasteiger partial charge on any atom is -0.484 e. The molecular formula is C19H18Cl2N2O4S. The number of carbonyl (C=O) groups excluding carboxylic acids is 1. The van der Waals surface area contributed by atoms with Gasteiger partial charge in [-0.1, -0.05) is 23.2 Å². The summed E-state index contributed by atoms with van der Waals surface area (Å²) in [6.45, 7) is 4.02. The van der Waals surface area contributed by atoms with Gasteiger partial charge in [-0.25, -0.2) is 9.78 Å². The molecule has 2 heterocycles. The molecule has 0 aliphatic carbocycles. The Bertz CT molecular complexity index is 877. The summed E-state index contributed by atoms with van der Waals surface area (Å²) in [7, 11) is 0. The molecule has 2 atom stereocenters. The van der Waals surface area contributed by atoms with E-state index in [1.54, 1.807) is 37.3 Å². The summed E-state index contributed by atoms with van der Waals surface area (Å²) >= 11 is 13.4. The molecule has 2 aromatic rings. The zero-order chi connectivity index (χ0) is 20.1. The molecule has 0 fully saturated rings. The van der Waals surface area contributed by atoms with Crippen LogP contribution in [-0.4, -0.2) is 40.5 Å². The van der Waals surface area contributed by atoms with Gasteiger partial charge in [0.1, 0.15) is 27.7 Å². The highest BCUT2D eigenvalue weighted by Gasteiger charge is 2.29. The number of hydrogen-bond acceptors (Lipinski definition) is 7. The quantitative estimate of drug-likeness (QED) is 0.562. The molecule has 0 bridgehead atoms. The van der Waals surface area contributed by atoms with Gasteiger partial charge in [0.15, 0.2) is 6.04 Å². The van der Waals surface area contributed by atoms with E-state index in [9.17, 15) is 4.79 Å². The van der Waals surface area contributed by atoms with Crippen molar-refractivity contribution in [1.29, 1.82) is 0 Å². The third-order valence-corrected chi connectivity index (χ3v) is 5.40. The van der Waals surface area contributed by atoms with Gasteiger partial charge < -0.3 is 14.2 Å². The average molecular weight is 441 g/mol. The molecule has 0 radical (unpaired) electrons. The van der Waals surface area contributed by atoms with Crippen LogP contribution < -0.4 is 9.47 Å². The highest BCUT2D eigenvalue weighted by atomic mass is 35.5. The normalized spacial score (nSPS) is 17.0. The first-order valence-electron chi connectivity index (χ1n) is 8.59. The average Bonchev–Trinajstić information content (AvgIpc) is 3.16. The Kier molecular flexibility index (Phi) is 7.04. The zero-order valence-electron chi connectivity index (χ0n) is 15.2. The number of aromatic nitrogens is 1. The van der Waals surface area contributed by atoms with Gasteiger partial charge in [0.25, 0.3) is 0 Å². The van der Waals surface area contributed by atoms with Gasteiger partial charge in [0, 0.05) is 11.9 Å². The van der Waals surface area contributed by atoms with Gasteiger partial charge in [0.05, 0.1) is 11.6 Å². The molecular weight excluding hydrogens is 423 g/mol. The first-order valence-corrected chi connectivity index (χ1v) is 10.3. The predicted molar refractivity (Wildman–Crippen MR) is 111 cm³/mol. The van der Waals surface area contributed by atoms with Crippen LogP contribution in [0.25, 0.3) is 0 Å². The van der Waals surface area contributed by atoms with Crippen LogP contribution in [0.3, 0.4) is 0 Å². The highest BCUT2D eigenvalue weighted by molar-refractivity contribution is 8.14. The monoisotopic (exact) mass is 440 g/mol. The zero-order valence-corrected chi connectivity index (χ0v) is 17.6. The second-order valence-electron chi connectivity index (χ2n) is 5.82. The van der Waals surface area contributed by atoms with Gasteiger partial charge in [-0.05, 0) is 44.2 Å². The highest BCUT2D eigenvalue weighted by Crippen LogP contribution is 2.30. The first-order chi connectivity index (χ1) is 13.5. The van der Waals surface area contributed by atoms with Crippen molar-refractivity contribution in [3.8, 4) is 17.4 Å². The Morgan fingerprint density at radius 2 is 2.00 bits per heavy atom. The topological polar surface area (TPSA) is 70.0 Å². The summed E-state index contributed by atoms with van der Waals surface area (Å²) in [6.07, 6.45) is 1.19. The number of nitrogens with zero attached hydrogens (tertiary/aromatic N) is 2. The van der Waals surface area contributed by atoms with Crippen molar-refractivity contribution in [2.45, 2.75) is 26.0 Å². The number of esters is 1. The minimum absolute atomic E-state index is 0.273. The molecule has 148 valence electrons. The Morgan fingerprint density at radius 3 is 2.68 bits per heavy atom. The standard InChI is InChI=1S/C19H18Cl2N2O4S/c1-3-25-19(24)16-10-28-18(23-16)11(2)26-13-4-6-14(7-5-13)27-17-15(21)8-12(20)9-22-17/h4-9,11,16H,3,10H2,1-2H3/t11?,16-/m0/s1. The Hall–Kier alpha value is -1.96. The molecule has 1 aromatic carbocycles. The molecule has 1 aliphatic heterocycles. The number of rotatable bonds is 7. The van der Waals surface area contributed by atoms with Crippen molar-refractivity contribution in [2.75, 3.05) is 12.4 Å². The maximum atomic E-state index is 11.8. The van der Waals surface area contributed by atoms with E-state index in [-0.39, 0.29) is 18.0 Å². The van der Waals surface area contributed by atoms with Gasteiger partial charge >= 0.3 is 5.97 Å². The molecule has 0 N–H and O–H groups in total. The summed E-state index contributed by atoms with van der Waals surface area (Å²) < 4.78 is 16.6. The summed E-state index contributed by atoms with van der Waals surface area (Å²) in [5.41, 5.74) is 0. The fourth-order valence-corrected chi connectivity index (χ4v) is 3.85. The molecule has 28 heavy (non-hydrogen) atoms. The largest absolute Gasteiger partial charge is 0.484 e. The van der Waals surface area contributed by atoms with Crippen LogP contribution in [0.5, 0.6) is 17.4 Å². The number of pyridine rings is 1. The molecule has 1 unspecified atom stereocenters. The molecule has 3 rings (SSSR count). The lowest BCUT2D eigenvalue weighted by molar-refractivity contribution is -0.143. The van der Waals surface area contributed by atoms with Crippen molar-refractivity contribution in [1.82, 2.24) is 4.98 Å². The molecule has 0 spiro atoms. The van der Waals surface area contributed by atoms with Gasteiger partial charge in [-0.2, -0.15) is 0 Å². The SMILES string of the molecule is CCOC(=O)[C@@H]1CSC(C(C)Oc2ccc(Oc3ncc(Cl)cc3Cl)cc2)=N1. The summed E-state index contributed by atoms with van der Waals surface area (Å²) in [4.78, 5) is 20.3. The van der Waals surface area contributed by atoms with E-state index >= 15 is 0 Å². The van der Waals surface area contributed by atoms with Crippen molar-refractivity contribution in [3.63, 3.8) is 0 Å². The van der Waals surface area contributed by atoms with E-state index in [4.69, 9.17) is 37.4 Å².